The van der Waals surface area contributed by atoms with E-state index in [1.807, 2.05) is 50.5 Å². The molecule has 1 aromatic heterocycles. The third kappa shape index (κ3) is 3.72. The van der Waals surface area contributed by atoms with Crippen LogP contribution in [0.25, 0.3) is 33.9 Å². The number of hydrogen-bond acceptors (Lipinski definition) is 3. The van der Waals surface area contributed by atoms with Gasteiger partial charge in [-0.25, -0.2) is 9.97 Å². The average molecular weight is 351 g/mol. The van der Waals surface area contributed by atoms with E-state index in [1.165, 1.54) is 0 Å². The zero-order chi connectivity index (χ0) is 18.6. The van der Waals surface area contributed by atoms with Crippen molar-refractivity contribution in [3.05, 3.63) is 91.0 Å². The molecule has 27 heavy (non-hydrogen) atoms. The van der Waals surface area contributed by atoms with Crippen molar-refractivity contribution in [2.75, 3.05) is 19.0 Å². The molecule has 0 amide bonds. The van der Waals surface area contributed by atoms with E-state index in [1.54, 1.807) is 0 Å². The molecule has 0 saturated carbocycles. The summed E-state index contributed by atoms with van der Waals surface area (Å²) in [6, 6.07) is 30.9. The predicted molar refractivity (Wildman–Crippen MR) is 113 cm³/mol. The summed E-state index contributed by atoms with van der Waals surface area (Å²) in [6.45, 7) is 0. The molecule has 0 spiro atoms. The van der Waals surface area contributed by atoms with E-state index in [0.717, 1.165) is 39.6 Å². The van der Waals surface area contributed by atoms with Crippen LogP contribution in [-0.4, -0.2) is 24.1 Å². The normalized spacial score (nSPS) is 10.6. The molecule has 0 aliphatic rings. The molecule has 0 atom stereocenters. The molecule has 0 aliphatic heterocycles. The van der Waals surface area contributed by atoms with Crippen LogP contribution in [0.2, 0.25) is 0 Å². The molecule has 0 aliphatic carbocycles. The fourth-order valence-corrected chi connectivity index (χ4v) is 3.00. The number of hydrogen-bond donors (Lipinski definition) is 0. The van der Waals surface area contributed by atoms with Gasteiger partial charge in [0, 0.05) is 36.5 Å². The summed E-state index contributed by atoms with van der Waals surface area (Å²) in [5, 5.41) is 0. The van der Waals surface area contributed by atoms with Gasteiger partial charge in [0.05, 0.1) is 11.4 Å². The second kappa shape index (κ2) is 7.42. The molecular formula is C24H21N3. The summed E-state index contributed by atoms with van der Waals surface area (Å²) in [5.74, 6) is 0.737. The maximum Gasteiger partial charge on any atom is 0.160 e. The van der Waals surface area contributed by atoms with Gasteiger partial charge >= 0.3 is 0 Å². The minimum atomic E-state index is 0.737. The van der Waals surface area contributed by atoms with Gasteiger partial charge in [0.15, 0.2) is 5.82 Å². The van der Waals surface area contributed by atoms with E-state index < -0.39 is 0 Å². The molecule has 0 radical (unpaired) electrons. The molecule has 0 saturated heterocycles. The quantitative estimate of drug-likeness (QED) is 0.483. The van der Waals surface area contributed by atoms with Gasteiger partial charge in [0.1, 0.15) is 0 Å². The SMILES string of the molecule is CN(C)c1ccc(-c2nc(-c3ccccc3)cc(-c3ccccc3)n2)cc1. The highest BCUT2D eigenvalue weighted by Crippen LogP contribution is 2.28. The first kappa shape index (κ1) is 17.0. The van der Waals surface area contributed by atoms with Crippen molar-refractivity contribution in [3.63, 3.8) is 0 Å². The van der Waals surface area contributed by atoms with Gasteiger partial charge in [-0.1, -0.05) is 60.7 Å². The third-order valence-electron chi connectivity index (χ3n) is 4.51. The molecule has 0 fully saturated rings. The minimum absolute atomic E-state index is 0.737. The summed E-state index contributed by atoms with van der Waals surface area (Å²) in [5.41, 5.74) is 6.19. The highest BCUT2D eigenvalue weighted by molar-refractivity contribution is 5.72. The lowest BCUT2D eigenvalue weighted by atomic mass is 10.1. The zero-order valence-electron chi connectivity index (χ0n) is 15.5. The molecule has 3 heteroatoms. The number of nitrogens with zero attached hydrogens (tertiary/aromatic N) is 3. The average Bonchev–Trinajstić information content (AvgIpc) is 2.75. The monoisotopic (exact) mass is 351 g/mol. The molecular weight excluding hydrogens is 330 g/mol. The number of aromatic nitrogens is 2. The molecule has 1 heterocycles. The van der Waals surface area contributed by atoms with Crippen LogP contribution in [0.3, 0.4) is 0 Å². The zero-order valence-corrected chi connectivity index (χ0v) is 15.5. The maximum atomic E-state index is 4.85. The summed E-state index contributed by atoms with van der Waals surface area (Å²) in [6.07, 6.45) is 0. The van der Waals surface area contributed by atoms with Crippen LogP contribution in [0, 0.1) is 0 Å². The fourth-order valence-electron chi connectivity index (χ4n) is 3.00. The molecule has 0 bridgehead atoms. The van der Waals surface area contributed by atoms with Crippen molar-refractivity contribution >= 4 is 5.69 Å². The van der Waals surface area contributed by atoms with Crippen molar-refractivity contribution in [1.82, 2.24) is 9.97 Å². The van der Waals surface area contributed by atoms with Crippen molar-refractivity contribution in [2.45, 2.75) is 0 Å². The van der Waals surface area contributed by atoms with Crippen LogP contribution >= 0.6 is 0 Å². The Kier molecular flexibility index (Phi) is 4.67. The largest absolute Gasteiger partial charge is 0.378 e. The van der Waals surface area contributed by atoms with Gasteiger partial charge in [-0.2, -0.15) is 0 Å². The van der Waals surface area contributed by atoms with Crippen LogP contribution in [0.4, 0.5) is 5.69 Å². The first-order valence-corrected chi connectivity index (χ1v) is 8.98. The topological polar surface area (TPSA) is 29.0 Å². The van der Waals surface area contributed by atoms with E-state index in [4.69, 9.17) is 9.97 Å². The first-order chi connectivity index (χ1) is 13.2. The van der Waals surface area contributed by atoms with Crippen LogP contribution in [0.15, 0.2) is 91.0 Å². The van der Waals surface area contributed by atoms with Gasteiger partial charge in [0.25, 0.3) is 0 Å². The lowest BCUT2D eigenvalue weighted by molar-refractivity contribution is 1.13. The standard InChI is InChI=1S/C24H21N3/c1-27(2)21-15-13-20(14-16-21)24-25-22(18-9-5-3-6-10-18)17-23(26-24)19-11-7-4-8-12-19/h3-17H,1-2H3. The summed E-state index contributed by atoms with van der Waals surface area (Å²) in [4.78, 5) is 11.8. The molecule has 4 aromatic rings. The number of anilines is 1. The molecule has 132 valence electrons. The van der Waals surface area contributed by atoms with E-state index in [9.17, 15) is 0 Å². The van der Waals surface area contributed by atoms with Crippen LogP contribution < -0.4 is 4.90 Å². The van der Waals surface area contributed by atoms with E-state index in [0.29, 0.717) is 0 Å². The van der Waals surface area contributed by atoms with Crippen LogP contribution in [0.1, 0.15) is 0 Å². The Labute approximate surface area is 160 Å². The Morgan fingerprint density at radius 3 is 1.48 bits per heavy atom. The Morgan fingerprint density at radius 1 is 0.556 bits per heavy atom. The molecule has 0 N–H and O–H groups in total. The summed E-state index contributed by atoms with van der Waals surface area (Å²) >= 11 is 0. The lowest BCUT2D eigenvalue weighted by Gasteiger charge is -2.13. The Morgan fingerprint density at radius 2 is 1.04 bits per heavy atom. The van der Waals surface area contributed by atoms with Crippen LogP contribution in [-0.2, 0) is 0 Å². The smallest absolute Gasteiger partial charge is 0.160 e. The van der Waals surface area contributed by atoms with Crippen molar-refractivity contribution in [2.24, 2.45) is 0 Å². The van der Waals surface area contributed by atoms with Gasteiger partial charge in [-0.05, 0) is 30.3 Å². The molecule has 0 unspecified atom stereocenters. The first-order valence-electron chi connectivity index (χ1n) is 8.98. The highest BCUT2D eigenvalue weighted by Gasteiger charge is 2.10. The molecule has 3 aromatic carbocycles. The van der Waals surface area contributed by atoms with Crippen LogP contribution in [0.5, 0.6) is 0 Å². The molecule has 3 nitrogen and oxygen atoms in total. The van der Waals surface area contributed by atoms with Gasteiger partial charge in [-0.3, -0.25) is 0 Å². The highest BCUT2D eigenvalue weighted by atomic mass is 15.1. The summed E-state index contributed by atoms with van der Waals surface area (Å²) in [7, 11) is 4.07. The Bertz CT molecular complexity index is 966. The molecule has 4 rings (SSSR count). The van der Waals surface area contributed by atoms with E-state index in [2.05, 4.69) is 59.5 Å². The number of rotatable bonds is 4. The predicted octanol–water partition coefficient (Wildman–Crippen LogP) is 5.54. The van der Waals surface area contributed by atoms with Crippen molar-refractivity contribution < 1.29 is 0 Å². The van der Waals surface area contributed by atoms with Gasteiger partial charge in [0.2, 0.25) is 0 Å². The minimum Gasteiger partial charge on any atom is -0.378 e. The number of benzene rings is 3. The van der Waals surface area contributed by atoms with Gasteiger partial charge in [-0.15, -0.1) is 0 Å². The van der Waals surface area contributed by atoms with E-state index in [-0.39, 0.29) is 0 Å². The second-order valence-corrected chi connectivity index (χ2v) is 6.64. The lowest BCUT2D eigenvalue weighted by Crippen LogP contribution is -2.08. The second-order valence-electron chi connectivity index (χ2n) is 6.64. The fraction of sp³-hybridized carbons (Fsp3) is 0.0833. The maximum absolute atomic E-state index is 4.85. The summed E-state index contributed by atoms with van der Waals surface area (Å²) < 4.78 is 0. The Hall–Kier alpha value is -3.46. The van der Waals surface area contributed by atoms with Crippen molar-refractivity contribution in [1.29, 1.82) is 0 Å². The third-order valence-corrected chi connectivity index (χ3v) is 4.51. The van der Waals surface area contributed by atoms with E-state index >= 15 is 0 Å². The van der Waals surface area contributed by atoms with Gasteiger partial charge < -0.3 is 4.90 Å². The van der Waals surface area contributed by atoms with Crippen molar-refractivity contribution in [3.8, 4) is 33.9 Å². The Balaban J connectivity index is 1.85.